The first-order valence-electron chi connectivity index (χ1n) is 8.78. The number of amides is 2. The number of carbonyl (C=O) groups excluding carboxylic acids is 2. The molecular formula is C20H20N4O4. The fourth-order valence-corrected chi connectivity index (χ4v) is 2.57. The number of fused-ring (bicyclic) bond motifs is 1. The van der Waals surface area contributed by atoms with E-state index in [0.717, 1.165) is 0 Å². The van der Waals surface area contributed by atoms with Gasteiger partial charge in [0.2, 0.25) is 5.91 Å². The largest absolute Gasteiger partial charge is 0.465 e. The number of para-hydroxylation sites is 1. The molecule has 2 amide bonds. The van der Waals surface area contributed by atoms with E-state index in [1.54, 1.807) is 54.4 Å². The number of H-pyrrole nitrogens is 1. The molecular weight excluding hydrogens is 360 g/mol. The Bertz CT molecular complexity index is 1050. The Morgan fingerprint density at radius 1 is 1.25 bits per heavy atom. The highest BCUT2D eigenvalue weighted by Gasteiger charge is 2.11. The van der Waals surface area contributed by atoms with Crippen LogP contribution in [-0.4, -0.2) is 46.8 Å². The maximum absolute atomic E-state index is 12.2. The van der Waals surface area contributed by atoms with Crippen molar-refractivity contribution in [1.82, 2.24) is 20.2 Å². The number of aromatic amines is 1. The number of likely N-dealkylation sites (N-methyl/N-ethyl adjacent to an activating group) is 1. The van der Waals surface area contributed by atoms with Gasteiger partial charge in [-0.3, -0.25) is 14.4 Å². The summed E-state index contributed by atoms with van der Waals surface area (Å²) in [5.41, 5.74) is 0.106. The van der Waals surface area contributed by atoms with E-state index in [9.17, 15) is 14.4 Å². The van der Waals surface area contributed by atoms with Crippen LogP contribution in [0.2, 0.25) is 0 Å². The third-order valence-electron chi connectivity index (χ3n) is 4.09. The Morgan fingerprint density at radius 2 is 2.07 bits per heavy atom. The summed E-state index contributed by atoms with van der Waals surface area (Å²) < 4.78 is 5.13. The van der Waals surface area contributed by atoms with Crippen LogP contribution in [0.25, 0.3) is 17.0 Å². The fourth-order valence-electron chi connectivity index (χ4n) is 2.57. The number of hydrogen-bond acceptors (Lipinski definition) is 5. The lowest BCUT2D eigenvalue weighted by Crippen LogP contribution is -2.32. The van der Waals surface area contributed by atoms with Crippen molar-refractivity contribution in [1.29, 1.82) is 0 Å². The van der Waals surface area contributed by atoms with Crippen molar-refractivity contribution in [3.63, 3.8) is 0 Å². The molecule has 2 N–H and O–H groups in total. The van der Waals surface area contributed by atoms with E-state index < -0.39 is 5.91 Å². The first-order chi connectivity index (χ1) is 13.5. The van der Waals surface area contributed by atoms with Crippen LogP contribution in [0.4, 0.5) is 0 Å². The fraction of sp³-hybridized carbons (Fsp3) is 0.200. The van der Waals surface area contributed by atoms with E-state index >= 15 is 0 Å². The van der Waals surface area contributed by atoms with Crippen LogP contribution < -0.4 is 10.9 Å². The Morgan fingerprint density at radius 3 is 2.86 bits per heavy atom. The molecule has 8 nitrogen and oxygen atoms in total. The highest BCUT2D eigenvalue weighted by atomic mass is 16.3. The van der Waals surface area contributed by atoms with Gasteiger partial charge in [0.05, 0.1) is 17.2 Å². The molecule has 3 rings (SSSR count). The van der Waals surface area contributed by atoms with Crippen LogP contribution in [0.1, 0.15) is 22.8 Å². The topological polar surface area (TPSA) is 108 Å². The van der Waals surface area contributed by atoms with E-state index in [-0.39, 0.29) is 17.3 Å². The molecule has 3 aromatic rings. The predicted octanol–water partition coefficient (Wildman–Crippen LogP) is 1.81. The number of rotatable bonds is 7. The predicted molar refractivity (Wildman–Crippen MR) is 105 cm³/mol. The number of carbonyl (C=O) groups is 2. The second-order valence-electron chi connectivity index (χ2n) is 6.15. The Labute approximate surface area is 160 Å². The maximum Gasteiger partial charge on any atom is 0.287 e. The molecule has 0 bridgehead atoms. The molecule has 0 spiro atoms. The third kappa shape index (κ3) is 4.73. The van der Waals surface area contributed by atoms with Crippen molar-refractivity contribution in [2.75, 3.05) is 20.1 Å². The minimum Gasteiger partial charge on any atom is -0.465 e. The van der Waals surface area contributed by atoms with Crippen LogP contribution in [0, 0.1) is 0 Å². The standard InChI is InChI=1S/C20H20N4O4/c1-24(17(25)10-9-14-6-4-13-28-14)12-5-11-21-20(27)18-22-16-8-3-2-7-15(16)19(26)23-18/h2-4,6-10,13H,5,11-12H2,1H3,(H,21,27)(H,22,23,26)/b10-9+. The number of furan rings is 1. The van der Waals surface area contributed by atoms with Gasteiger partial charge in [-0.15, -0.1) is 0 Å². The highest BCUT2D eigenvalue weighted by Crippen LogP contribution is 2.05. The molecule has 1 aromatic carbocycles. The van der Waals surface area contributed by atoms with E-state index in [1.807, 2.05) is 0 Å². The van der Waals surface area contributed by atoms with Crippen LogP contribution in [-0.2, 0) is 4.79 Å². The Balaban J connectivity index is 1.47. The van der Waals surface area contributed by atoms with E-state index in [0.29, 0.717) is 36.2 Å². The van der Waals surface area contributed by atoms with Gasteiger partial charge in [0.25, 0.3) is 11.5 Å². The van der Waals surface area contributed by atoms with Crippen molar-refractivity contribution >= 4 is 28.8 Å². The highest BCUT2D eigenvalue weighted by molar-refractivity contribution is 5.92. The summed E-state index contributed by atoms with van der Waals surface area (Å²) in [4.78, 5) is 44.4. The summed E-state index contributed by atoms with van der Waals surface area (Å²) in [6.45, 7) is 0.804. The zero-order chi connectivity index (χ0) is 19.9. The van der Waals surface area contributed by atoms with Gasteiger partial charge in [-0.25, -0.2) is 4.98 Å². The van der Waals surface area contributed by atoms with Gasteiger partial charge in [-0.1, -0.05) is 12.1 Å². The Kier molecular flexibility index (Phi) is 6.01. The molecule has 0 aliphatic heterocycles. The molecule has 0 fully saturated rings. The summed E-state index contributed by atoms with van der Waals surface area (Å²) in [6, 6.07) is 10.3. The average molecular weight is 380 g/mol. The monoisotopic (exact) mass is 380 g/mol. The first kappa shape index (κ1) is 19.1. The smallest absolute Gasteiger partial charge is 0.287 e. The number of nitrogens with one attached hydrogen (secondary N) is 2. The molecule has 28 heavy (non-hydrogen) atoms. The summed E-state index contributed by atoms with van der Waals surface area (Å²) in [5.74, 6) is -0.0572. The second-order valence-corrected chi connectivity index (χ2v) is 6.15. The van der Waals surface area contributed by atoms with Gasteiger partial charge >= 0.3 is 0 Å². The lowest BCUT2D eigenvalue weighted by Gasteiger charge is -2.15. The number of benzene rings is 1. The lowest BCUT2D eigenvalue weighted by atomic mass is 10.2. The number of aromatic nitrogens is 2. The maximum atomic E-state index is 12.2. The molecule has 0 radical (unpaired) electrons. The molecule has 0 atom stereocenters. The molecule has 144 valence electrons. The zero-order valence-corrected chi connectivity index (χ0v) is 15.3. The second kappa shape index (κ2) is 8.81. The molecule has 2 heterocycles. The average Bonchev–Trinajstić information content (AvgIpc) is 3.22. The third-order valence-corrected chi connectivity index (χ3v) is 4.09. The lowest BCUT2D eigenvalue weighted by molar-refractivity contribution is -0.124. The van der Waals surface area contributed by atoms with Crippen LogP contribution in [0.5, 0.6) is 0 Å². The van der Waals surface area contributed by atoms with Gasteiger partial charge < -0.3 is 19.6 Å². The van der Waals surface area contributed by atoms with Gasteiger partial charge in [0.15, 0.2) is 5.82 Å². The molecule has 0 aliphatic carbocycles. The minimum atomic E-state index is -0.463. The Hall–Kier alpha value is -3.68. The van der Waals surface area contributed by atoms with Crippen molar-refractivity contribution in [2.24, 2.45) is 0 Å². The SMILES string of the molecule is CN(CCCNC(=O)c1nc2ccccc2c(=O)[nH]1)C(=O)/C=C/c1ccco1. The summed E-state index contributed by atoms with van der Waals surface area (Å²) in [5, 5.41) is 3.13. The summed E-state index contributed by atoms with van der Waals surface area (Å²) >= 11 is 0. The molecule has 0 saturated heterocycles. The molecule has 0 unspecified atom stereocenters. The van der Waals surface area contributed by atoms with Gasteiger partial charge in [-0.2, -0.15) is 0 Å². The molecule has 2 aromatic heterocycles. The number of nitrogens with zero attached hydrogens (tertiary/aromatic N) is 2. The number of hydrogen-bond donors (Lipinski definition) is 2. The van der Waals surface area contributed by atoms with Crippen molar-refractivity contribution in [3.05, 3.63) is 70.7 Å². The van der Waals surface area contributed by atoms with E-state index in [2.05, 4.69) is 15.3 Å². The van der Waals surface area contributed by atoms with Crippen LogP contribution in [0.15, 0.2) is 57.9 Å². The molecule has 0 saturated carbocycles. The minimum absolute atomic E-state index is 0.0329. The summed E-state index contributed by atoms with van der Waals surface area (Å²) in [7, 11) is 1.68. The first-order valence-corrected chi connectivity index (χ1v) is 8.78. The van der Waals surface area contributed by atoms with Crippen LogP contribution in [0.3, 0.4) is 0 Å². The normalized spacial score (nSPS) is 11.0. The van der Waals surface area contributed by atoms with Crippen LogP contribution >= 0.6 is 0 Å². The van der Waals surface area contributed by atoms with Crippen molar-refractivity contribution in [2.45, 2.75) is 6.42 Å². The van der Waals surface area contributed by atoms with Gasteiger partial charge in [0.1, 0.15) is 5.76 Å². The van der Waals surface area contributed by atoms with Gasteiger partial charge in [-0.05, 0) is 36.8 Å². The van der Waals surface area contributed by atoms with E-state index in [1.165, 1.54) is 12.3 Å². The van der Waals surface area contributed by atoms with Gasteiger partial charge in [0, 0.05) is 26.2 Å². The molecule has 8 heteroatoms. The van der Waals surface area contributed by atoms with E-state index in [4.69, 9.17) is 4.42 Å². The quantitative estimate of drug-likeness (QED) is 0.480. The van der Waals surface area contributed by atoms with Crippen molar-refractivity contribution in [3.8, 4) is 0 Å². The zero-order valence-electron chi connectivity index (χ0n) is 15.3. The summed E-state index contributed by atoms with van der Waals surface area (Å²) in [6.07, 6.45) is 5.12. The van der Waals surface area contributed by atoms with Crippen molar-refractivity contribution < 1.29 is 14.0 Å². The molecule has 0 aliphatic rings.